The number of hydrogen-bond donors (Lipinski definition) is 1. The molecule has 2 aromatic rings. The molecular formula is C16H13Br2NO2. The quantitative estimate of drug-likeness (QED) is 0.768. The number of phenols is 1. The second kappa shape index (κ2) is 5.81. The first-order valence-corrected chi connectivity index (χ1v) is 8.18. The first-order chi connectivity index (χ1) is 10.0. The maximum Gasteiger partial charge on any atom is 0.255 e. The molecule has 21 heavy (non-hydrogen) atoms. The highest BCUT2D eigenvalue weighted by Crippen LogP contribution is 2.27. The molecule has 0 spiro atoms. The van der Waals surface area contributed by atoms with Crippen molar-refractivity contribution < 1.29 is 9.90 Å². The van der Waals surface area contributed by atoms with Crippen LogP contribution >= 0.6 is 31.9 Å². The van der Waals surface area contributed by atoms with Crippen molar-refractivity contribution in [3.8, 4) is 5.75 Å². The van der Waals surface area contributed by atoms with E-state index >= 15 is 0 Å². The van der Waals surface area contributed by atoms with Gasteiger partial charge in [-0.2, -0.15) is 0 Å². The van der Waals surface area contributed by atoms with Gasteiger partial charge < -0.3 is 10.0 Å². The summed E-state index contributed by atoms with van der Waals surface area (Å²) >= 11 is 6.83. The summed E-state index contributed by atoms with van der Waals surface area (Å²) < 4.78 is 1.67. The Labute approximate surface area is 139 Å². The number of nitrogens with zero attached hydrogens (tertiary/aromatic N) is 1. The number of phenolic OH excluding ortho intramolecular Hbond substituents is 1. The molecule has 0 bridgehead atoms. The van der Waals surface area contributed by atoms with Crippen LogP contribution in [0.2, 0.25) is 0 Å². The van der Waals surface area contributed by atoms with Gasteiger partial charge in [-0.15, -0.1) is 0 Å². The highest BCUT2D eigenvalue weighted by Gasteiger charge is 2.23. The van der Waals surface area contributed by atoms with Gasteiger partial charge in [-0.1, -0.05) is 22.0 Å². The fourth-order valence-electron chi connectivity index (χ4n) is 2.55. The van der Waals surface area contributed by atoms with E-state index in [1.807, 2.05) is 29.2 Å². The average molecular weight is 411 g/mol. The fourth-order valence-corrected chi connectivity index (χ4v) is 3.33. The molecule has 5 heteroatoms. The molecule has 0 unspecified atom stereocenters. The van der Waals surface area contributed by atoms with E-state index < -0.39 is 0 Å². The zero-order valence-corrected chi connectivity index (χ0v) is 14.3. The Morgan fingerprint density at radius 2 is 1.90 bits per heavy atom. The number of hydrogen-bond acceptors (Lipinski definition) is 2. The van der Waals surface area contributed by atoms with E-state index in [1.165, 1.54) is 5.56 Å². The Morgan fingerprint density at radius 3 is 2.71 bits per heavy atom. The molecule has 0 saturated heterocycles. The minimum absolute atomic E-state index is 0.00262. The zero-order valence-electron chi connectivity index (χ0n) is 11.1. The lowest BCUT2D eigenvalue weighted by atomic mass is 9.99. The standard InChI is InChI=1S/C16H13Br2NO2/c17-12-2-4-15(18)14(8-12)16(21)19-6-5-10-1-3-13(20)7-11(10)9-19/h1-4,7-8,20H,5-6,9H2. The van der Waals surface area contributed by atoms with Crippen LogP contribution < -0.4 is 0 Å². The highest BCUT2D eigenvalue weighted by molar-refractivity contribution is 9.11. The van der Waals surface area contributed by atoms with E-state index in [0.717, 1.165) is 20.9 Å². The summed E-state index contributed by atoms with van der Waals surface area (Å²) in [5.41, 5.74) is 2.86. The Kier molecular flexibility index (Phi) is 4.04. The van der Waals surface area contributed by atoms with E-state index in [-0.39, 0.29) is 11.7 Å². The first-order valence-electron chi connectivity index (χ1n) is 6.59. The Morgan fingerprint density at radius 1 is 1.10 bits per heavy atom. The van der Waals surface area contributed by atoms with Crippen LogP contribution in [0.3, 0.4) is 0 Å². The molecule has 0 saturated carbocycles. The summed E-state index contributed by atoms with van der Waals surface area (Å²) in [7, 11) is 0. The predicted octanol–water partition coefficient (Wildman–Crippen LogP) is 4.12. The molecule has 0 aromatic heterocycles. The Bertz CT molecular complexity index is 715. The predicted molar refractivity (Wildman–Crippen MR) is 88.4 cm³/mol. The molecule has 108 valence electrons. The van der Waals surface area contributed by atoms with Crippen LogP contribution in [0.1, 0.15) is 21.5 Å². The summed E-state index contributed by atoms with van der Waals surface area (Å²) in [6.07, 6.45) is 0.812. The second-order valence-corrected chi connectivity index (χ2v) is 6.82. The van der Waals surface area contributed by atoms with E-state index in [4.69, 9.17) is 0 Å². The number of fused-ring (bicyclic) bond motifs is 1. The number of amides is 1. The lowest BCUT2D eigenvalue weighted by molar-refractivity contribution is 0.0733. The van der Waals surface area contributed by atoms with Gasteiger partial charge in [0.1, 0.15) is 5.75 Å². The summed E-state index contributed by atoms with van der Waals surface area (Å²) in [5.74, 6) is 0.240. The zero-order chi connectivity index (χ0) is 15.0. The third-order valence-electron chi connectivity index (χ3n) is 3.65. The van der Waals surface area contributed by atoms with Gasteiger partial charge >= 0.3 is 0 Å². The van der Waals surface area contributed by atoms with Gasteiger partial charge in [0.2, 0.25) is 0 Å². The minimum atomic E-state index is -0.00262. The van der Waals surface area contributed by atoms with Gasteiger partial charge in [-0.3, -0.25) is 4.79 Å². The number of benzene rings is 2. The molecule has 1 aliphatic rings. The molecule has 3 rings (SSSR count). The summed E-state index contributed by atoms with van der Waals surface area (Å²) in [5, 5.41) is 9.59. The van der Waals surface area contributed by atoms with Gasteiger partial charge in [0.05, 0.1) is 5.56 Å². The van der Waals surface area contributed by atoms with Gasteiger partial charge in [-0.05, 0) is 63.8 Å². The SMILES string of the molecule is O=C(c1cc(Br)ccc1Br)N1CCc2ccc(O)cc2C1. The van der Waals surface area contributed by atoms with Crippen molar-refractivity contribution in [1.82, 2.24) is 4.90 Å². The minimum Gasteiger partial charge on any atom is -0.508 e. The van der Waals surface area contributed by atoms with Crippen molar-refractivity contribution in [3.05, 3.63) is 62.0 Å². The summed E-state index contributed by atoms with van der Waals surface area (Å²) in [6, 6.07) is 10.9. The molecule has 0 radical (unpaired) electrons. The fraction of sp³-hybridized carbons (Fsp3) is 0.188. The van der Waals surface area contributed by atoms with Crippen LogP contribution in [0, 0.1) is 0 Å². The van der Waals surface area contributed by atoms with Crippen molar-refractivity contribution in [3.63, 3.8) is 0 Å². The first kappa shape index (κ1) is 14.6. The van der Waals surface area contributed by atoms with Crippen LogP contribution in [0.25, 0.3) is 0 Å². The third-order valence-corrected chi connectivity index (χ3v) is 4.83. The number of carbonyl (C=O) groups excluding carboxylic acids is 1. The number of carbonyl (C=O) groups is 1. The topological polar surface area (TPSA) is 40.5 Å². The largest absolute Gasteiger partial charge is 0.508 e. The van der Waals surface area contributed by atoms with Crippen LogP contribution in [0.15, 0.2) is 45.3 Å². The molecule has 1 amide bonds. The highest BCUT2D eigenvalue weighted by atomic mass is 79.9. The van der Waals surface area contributed by atoms with Gasteiger partial charge in [0, 0.05) is 22.0 Å². The molecule has 0 atom stereocenters. The van der Waals surface area contributed by atoms with E-state index in [2.05, 4.69) is 31.9 Å². The molecule has 1 heterocycles. The van der Waals surface area contributed by atoms with Crippen LogP contribution in [-0.4, -0.2) is 22.5 Å². The Balaban J connectivity index is 1.88. The molecule has 1 N–H and O–H groups in total. The number of aromatic hydroxyl groups is 1. The average Bonchev–Trinajstić information content (AvgIpc) is 2.48. The van der Waals surface area contributed by atoms with Crippen molar-refractivity contribution in [1.29, 1.82) is 0 Å². The normalized spacial score (nSPS) is 13.9. The molecule has 0 aliphatic carbocycles. The van der Waals surface area contributed by atoms with Crippen molar-refractivity contribution >= 4 is 37.8 Å². The van der Waals surface area contributed by atoms with Crippen LogP contribution in [0.4, 0.5) is 0 Å². The van der Waals surface area contributed by atoms with E-state index in [1.54, 1.807) is 12.1 Å². The van der Waals surface area contributed by atoms with Gasteiger partial charge in [-0.25, -0.2) is 0 Å². The summed E-state index contributed by atoms with van der Waals surface area (Å²) in [4.78, 5) is 14.5. The van der Waals surface area contributed by atoms with Gasteiger partial charge in [0.15, 0.2) is 0 Å². The van der Waals surface area contributed by atoms with Crippen molar-refractivity contribution in [2.45, 2.75) is 13.0 Å². The van der Waals surface area contributed by atoms with Crippen LogP contribution in [0.5, 0.6) is 5.75 Å². The number of rotatable bonds is 1. The van der Waals surface area contributed by atoms with Crippen molar-refractivity contribution in [2.75, 3.05) is 6.54 Å². The van der Waals surface area contributed by atoms with E-state index in [0.29, 0.717) is 18.7 Å². The van der Waals surface area contributed by atoms with Crippen molar-refractivity contribution in [2.24, 2.45) is 0 Å². The third kappa shape index (κ3) is 2.99. The molecule has 2 aromatic carbocycles. The summed E-state index contributed by atoms with van der Waals surface area (Å²) in [6.45, 7) is 1.22. The number of halogens is 2. The smallest absolute Gasteiger partial charge is 0.255 e. The second-order valence-electron chi connectivity index (χ2n) is 5.05. The lowest BCUT2D eigenvalue weighted by Gasteiger charge is -2.29. The monoisotopic (exact) mass is 409 g/mol. The molecule has 1 aliphatic heterocycles. The van der Waals surface area contributed by atoms with E-state index in [9.17, 15) is 9.90 Å². The molecule has 3 nitrogen and oxygen atoms in total. The maximum absolute atomic E-state index is 12.7. The molecular weight excluding hydrogens is 398 g/mol. The van der Waals surface area contributed by atoms with Crippen LogP contribution in [-0.2, 0) is 13.0 Å². The maximum atomic E-state index is 12.7. The Hall–Kier alpha value is -1.33. The molecule has 0 fully saturated rings. The van der Waals surface area contributed by atoms with Gasteiger partial charge in [0.25, 0.3) is 5.91 Å². The lowest BCUT2D eigenvalue weighted by Crippen LogP contribution is -2.36.